The van der Waals surface area contributed by atoms with Crippen LogP contribution in [0.15, 0.2) is 0 Å². The first-order valence-corrected chi connectivity index (χ1v) is 3.64. The van der Waals surface area contributed by atoms with Crippen LogP contribution in [-0.4, -0.2) is 12.0 Å². The molecule has 1 nitrogen and oxygen atoms in total. The van der Waals surface area contributed by atoms with Crippen LogP contribution in [0.5, 0.6) is 0 Å². The highest BCUT2D eigenvalue weighted by Crippen LogP contribution is 2.14. The minimum Gasteiger partial charge on any atom is -0.322 e. The molecule has 0 aliphatic carbocycles. The molecule has 0 aromatic rings. The van der Waals surface area contributed by atoms with Crippen molar-refractivity contribution >= 4 is 0 Å². The second-order valence-corrected chi connectivity index (χ2v) is 2.46. The van der Waals surface area contributed by atoms with E-state index in [0.29, 0.717) is 6.42 Å². The van der Waals surface area contributed by atoms with Crippen molar-refractivity contribution in [1.29, 1.82) is 0 Å². The highest BCUT2D eigenvalue weighted by atomic mass is 19.3. The second kappa shape index (κ2) is 4.30. The van der Waals surface area contributed by atoms with Crippen molar-refractivity contribution in [2.75, 3.05) is 0 Å². The van der Waals surface area contributed by atoms with Crippen molar-refractivity contribution in [3.05, 3.63) is 0 Å². The molecule has 3 heteroatoms. The molecule has 0 fully saturated rings. The highest BCUT2D eigenvalue weighted by Gasteiger charge is 2.30. The molecule has 0 aliphatic heterocycles. The fraction of sp³-hybridized carbons (Fsp3) is 0.750. The first-order valence-electron chi connectivity index (χ1n) is 3.64. The van der Waals surface area contributed by atoms with Gasteiger partial charge in [0.25, 0.3) is 0 Å². The van der Waals surface area contributed by atoms with Crippen LogP contribution in [0.2, 0.25) is 0 Å². The summed E-state index contributed by atoms with van der Waals surface area (Å²) in [4.78, 5) is 0. The molecule has 0 saturated carbocycles. The Morgan fingerprint density at radius 3 is 2.45 bits per heavy atom. The Balaban J connectivity index is 4.03. The smallest absolute Gasteiger partial charge is 0.322 e. The van der Waals surface area contributed by atoms with Gasteiger partial charge in [0.2, 0.25) is 0 Å². The molecule has 0 spiro atoms. The van der Waals surface area contributed by atoms with Gasteiger partial charge in [-0.25, -0.2) is 0 Å². The van der Waals surface area contributed by atoms with Gasteiger partial charge in [0.1, 0.15) is 0 Å². The number of alkyl halides is 2. The zero-order valence-electron chi connectivity index (χ0n) is 6.82. The van der Waals surface area contributed by atoms with Gasteiger partial charge in [0, 0.05) is 6.42 Å². The Morgan fingerprint density at radius 1 is 1.55 bits per heavy atom. The summed E-state index contributed by atoms with van der Waals surface area (Å²) in [6.45, 7) is 3.14. The first kappa shape index (κ1) is 10.4. The molecule has 0 aromatic carbocycles. The molecule has 0 bridgehead atoms. The maximum absolute atomic E-state index is 12.6. The molecule has 0 aromatic heterocycles. The minimum atomic E-state index is -3.03. The van der Waals surface area contributed by atoms with Gasteiger partial charge in [-0.2, -0.15) is 8.78 Å². The fourth-order valence-electron chi connectivity index (χ4n) is 0.419. The average molecular weight is 161 g/mol. The summed E-state index contributed by atoms with van der Waals surface area (Å²) >= 11 is 0. The first-order chi connectivity index (χ1) is 5.00. The number of unbranched alkanes of at least 4 members (excludes halogenated alkanes) is 1. The molecular formula is C8H13F2N. The van der Waals surface area contributed by atoms with E-state index < -0.39 is 12.0 Å². The lowest BCUT2D eigenvalue weighted by Gasteiger charge is -2.12. The standard InChI is InChI=1S/C8H13F2N/c1-3-4-5-6-8(9,10)7(2)11/h7H,3-4,11H2,1-2H3. The van der Waals surface area contributed by atoms with Crippen LogP contribution in [0.3, 0.4) is 0 Å². The highest BCUT2D eigenvalue weighted by molar-refractivity contribution is 5.12. The summed E-state index contributed by atoms with van der Waals surface area (Å²) in [5.41, 5.74) is 5.00. The van der Waals surface area contributed by atoms with Crippen LogP contribution in [0, 0.1) is 11.8 Å². The Kier molecular flexibility index (Phi) is 4.06. The molecule has 11 heavy (non-hydrogen) atoms. The van der Waals surface area contributed by atoms with E-state index in [1.165, 1.54) is 6.92 Å². The Labute approximate surface area is 66.0 Å². The van der Waals surface area contributed by atoms with Crippen LogP contribution in [0.1, 0.15) is 26.7 Å². The lowest BCUT2D eigenvalue weighted by molar-refractivity contribution is 0.0433. The molecule has 1 atom stereocenters. The normalized spacial score (nSPS) is 13.5. The van der Waals surface area contributed by atoms with Crippen molar-refractivity contribution in [2.24, 2.45) is 5.73 Å². The van der Waals surface area contributed by atoms with Crippen molar-refractivity contribution in [1.82, 2.24) is 0 Å². The second-order valence-electron chi connectivity index (χ2n) is 2.46. The van der Waals surface area contributed by atoms with E-state index in [1.807, 2.05) is 12.8 Å². The van der Waals surface area contributed by atoms with Crippen LogP contribution >= 0.6 is 0 Å². The number of hydrogen-bond donors (Lipinski definition) is 1. The number of nitrogens with two attached hydrogens (primary N) is 1. The molecule has 64 valence electrons. The summed E-state index contributed by atoms with van der Waals surface area (Å²) in [5.74, 6) is 1.20. The summed E-state index contributed by atoms with van der Waals surface area (Å²) in [6.07, 6.45) is 1.30. The van der Waals surface area contributed by atoms with Gasteiger partial charge in [-0.15, -0.1) is 0 Å². The zero-order chi connectivity index (χ0) is 8.91. The van der Waals surface area contributed by atoms with E-state index in [4.69, 9.17) is 5.73 Å². The molecule has 0 aliphatic rings. The lowest BCUT2D eigenvalue weighted by Crippen LogP contribution is -2.36. The zero-order valence-corrected chi connectivity index (χ0v) is 6.82. The minimum absolute atomic E-state index is 0.502. The SMILES string of the molecule is CCCC#CC(F)(F)C(C)N. The van der Waals surface area contributed by atoms with Gasteiger partial charge in [0.15, 0.2) is 0 Å². The fourth-order valence-corrected chi connectivity index (χ4v) is 0.419. The van der Waals surface area contributed by atoms with Crippen molar-refractivity contribution in [3.63, 3.8) is 0 Å². The summed E-state index contributed by atoms with van der Waals surface area (Å²) in [6, 6.07) is -1.19. The summed E-state index contributed by atoms with van der Waals surface area (Å²) < 4.78 is 25.1. The lowest BCUT2D eigenvalue weighted by atomic mass is 10.2. The van der Waals surface area contributed by atoms with E-state index in [2.05, 4.69) is 5.92 Å². The van der Waals surface area contributed by atoms with E-state index in [1.54, 1.807) is 0 Å². The van der Waals surface area contributed by atoms with Crippen LogP contribution in [-0.2, 0) is 0 Å². The van der Waals surface area contributed by atoms with Crippen molar-refractivity contribution in [2.45, 2.75) is 38.7 Å². The molecule has 0 saturated heterocycles. The van der Waals surface area contributed by atoms with Gasteiger partial charge in [-0.1, -0.05) is 12.8 Å². The molecule has 2 N–H and O–H groups in total. The Morgan fingerprint density at radius 2 is 2.09 bits per heavy atom. The average Bonchev–Trinajstić information content (AvgIpc) is 1.88. The third-order valence-corrected chi connectivity index (χ3v) is 1.20. The van der Waals surface area contributed by atoms with Gasteiger partial charge < -0.3 is 5.73 Å². The quantitative estimate of drug-likeness (QED) is 0.614. The van der Waals surface area contributed by atoms with Crippen LogP contribution in [0.25, 0.3) is 0 Å². The third-order valence-electron chi connectivity index (χ3n) is 1.20. The predicted molar refractivity (Wildman–Crippen MR) is 41.3 cm³/mol. The Hall–Kier alpha value is -0.620. The van der Waals surface area contributed by atoms with E-state index in [0.717, 1.165) is 6.42 Å². The monoisotopic (exact) mass is 161 g/mol. The number of hydrogen-bond acceptors (Lipinski definition) is 1. The Bertz CT molecular complexity index is 165. The maximum atomic E-state index is 12.6. The van der Waals surface area contributed by atoms with Gasteiger partial charge in [-0.3, -0.25) is 0 Å². The molecule has 1 unspecified atom stereocenters. The number of rotatable bonds is 2. The van der Waals surface area contributed by atoms with E-state index in [9.17, 15) is 8.78 Å². The van der Waals surface area contributed by atoms with Gasteiger partial charge in [0.05, 0.1) is 6.04 Å². The predicted octanol–water partition coefficient (Wildman–Crippen LogP) is 1.77. The molecule has 0 amide bonds. The van der Waals surface area contributed by atoms with Crippen LogP contribution < -0.4 is 5.73 Å². The molecular weight excluding hydrogens is 148 g/mol. The largest absolute Gasteiger partial charge is 0.322 e. The third kappa shape index (κ3) is 3.94. The maximum Gasteiger partial charge on any atom is 0.322 e. The van der Waals surface area contributed by atoms with Crippen molar-refractivity contribution in [3.8, 4) is 11.8 Å². The van der Waals surface area contributed by atoms with E-state index >= 15 is 0 Å². The van der Waals surface area contributed by atoms with E-state index in [-0.39, 0.29) is 0 Å². The van der Waals surface area contributed by atoms with Gasteiger partial charge in [-0.05, 0) is 19.3 Å². The van der Waals surface area contributed by atoms with Crippen LogP contribution in [0.4, 0.5) is 8.78 Å². The molecule has 0 heterocycles. The van der Waals surface area contributed by atoms with Crippen molar-refractivity contribution < 1.29 is 8.78 Å². The van der Waals surface area contributed by atoms with Gasteiger partial charge >= 0.3 is 5.92 Å². The summed E-state index contributed by atoms with van der Waals surface area (Å²) in [5, 5.41) is 0. The topological polar surface area (TPSA) is 26.0 Å². The molecule has 0 rings (SSSR count). The summed E-state index contributed by atoms with van der Waals surface area (Å²) in [7, 11) is 0. The number of halogens is 2. The molecule has 0 radical (unpaired) electrons.